The molecule has 0 amide bonds. The molecule has 2 nitrogen and oxygen atoms in total. The standard InChI is InChI=1S/C15H26N2/c1-17-3-2-16-9-14(17)15-12-5-10-4-11(7-12)8-13(15)6-10/h10-16H,2-9H2,1H3. The molecule has 1 atom stereocenters. The van der Waals surface area contributed by atoms with Gasteiger partial charge in [0.25, 0.3) is 0 Å². The summed E-state index contributed by atoms with van der Waals surface area (Å²) in [6.45, 7) is 3.71. The fraction of sp³-hybridized carbons (Fsp3) is 1.00. The second-order valence-electron chi connectivity index (χ2n) is 7.26. The van der Waals surface area contributed by atoms with Gasteiger partial charge in [-0.2, -0.15) is 0 Å². The fourth-order valence-corrected chi connectivity index (χ4v) is 5.85. The summed E-state index contributed by atoms with van der Waals surface area (Å²) in [5.41, 5.74) is 0. The van der Waals surface area contributed by atoms with E-state index in [1.165, 1.54) is 19.6 Å². The summed E-state index contributed by atoms with van der Waals surface area (Å²) in [6.07, 6.45) is 7.87. The largest absolute Gasteiger partial charge is 0.314 e. The lowest BCUT2D eigenvalue weighted by molar-refractivity contribution is -0.0739. The molecule has 0 aromatic rings. The van der Waals surface area contributed by atoms with Crippen molar-refractivity contribution in [3.63, 3.8) is 0 Å². The molecule has 5 aliphatic rings. The topological polar surface area (TPSA) is 15.3 Å². The van der Waals surface area contributed by atoms with E-state index in [-0.39, 0.29) is 0 Å². The van der Waals surface area contributed by atoms with E-state index in [1.54, 1.807) is 32.1 Å². The first-order valence-electron chi connectivity index (χ1n) is 7.72. The monoisotopic (exact) mass is 234 g/mol. The minimum Gasteiger partial charge on any atom is -0.314 e. The number of nitrogens with zero attached hydrogens (tertiary/aromatic N) is 1. The normalized spacial score (nSPS) is 54.2. The maximum absolute atomic E-state index is 3.63. The zero-order chi connectivity index (χ0) is 11.4. The van der Waals surface area contributed by atoms with E-state index < -0.39 is 0 Å². The molecule has 2 heteroatoms. The summed E-state index contributed by atoms with van der Waals surface area (Å²) >= 11 is 0. The average Bonchev–Trinajstić information content (AvgIpc) is 2.30. The van der Waals surface area contributed by atoms with Gasteiger partial charge in [-0.05, 0) is 68.7 Å². The second-order valence-corrected chi connectivity index (χ2v) is 7.26. The first-order valence-corrected chi connectivity index (χ1v) is 7.72. The van der Waals surface area contributed by atoms with E-state index >= 15 is 0 Å². The Labute approximate surface area is 105 Å². The van der Waals surface area contributed by atoms with Crippen molar-refractivity contribution >= 4 is 0 Å². The minimum absolute atomic E-state index is 0.846. The van der Waals surface area contributed by atoms with Gasteiger partial charge in [-0.15, -0.1) is 0 Å². The second kappa shape index (κ2) is 3.96. The van der Waals surface area contributed by atoms with Crippen LogP contribution in [0.2, 0.25) is 0 Å². The summed E-state index contributed by atoms with van der Waals surface area (Å²) in [5.74, 6) is 5.43. The van der Waals surface area contributed by atoms with Crippen LogP contribution in [0.5, 0.6) is 0 Å². The molecular weight excluding hydrogens is 208 g/mol. The SMILES string of the molecule is CN1CCNCC1C1C2CC3CC(C2)CC1C3. The predicted molar refractivity (Wildman–Crippen MR) is 69.8 cm³/mol. The van der Waals surface area contributed by atoms with Crippen molar-refractivity contribution in [2.45, 2.75) is 38.1 Å². The first-order chi connectivity index (χ1) is 8.31. The van der Waals surface area contributed by atoms with Crippen LogP contribution in [0.15, 0.2) is 0 Å². The molecule has 1 saturated heterocycles. The van der Waals surface area contributed by atoms with Crippen LogP contribution in [0.3, 0.4) is 0 Å². The third-order valence-electron chi connectivity index (χ3n) is 6.30. The smallest absolute Gasteiger partial charge is 0.0251 e. The molecule has 1 aliphatic heterocycles. The van der Waals surface area contributed by atoms with E-state index in [9.17, 15) is 0 Å². The Bertz CT molecular complexity index is 273. The van der Waals surface area contributed by atoms with E-state index in [2.05, 4.69) is 17.3 Å². The highest BCUT2D eigenvalue weighted by Gasteiger charge is 2.51. The van der Waals surface area contributed by atoms with E-state index in [4.69, 9.17) is 0 Å². The van der Waals surface area contributed by atoms with Crippen molar-refractivity contribution in [1.29, 1.82) is 0 Å². The Morgan fingerprint density at radius 2 is 1.59 bits per heavy atom. The lowest BCUT2D eigenvalue weighted by Crippen LogP contribution is -2.59. The van der Waals surface area contributed by atoms with Crippen molar-refractivity contribution in [3.8, 4) is 0 Å². The molecule has 1 N–H and O–H groups in total. The maximum atomic E-state index is 3.63. The van der Waals surface area contributed by atoms with Crippen LogP contribution in [0.25, 0.3) is 0 Å². The van der Waals surface area contributed by atoms with Crippen LogP contribution in [0.1, 0.15) is 32.1 Å². The van der Waals surface area contributed by atoms with Crippen LogP contribution in [-0.2, 0) is 0 Å². The van der Waals surface area contributed by atoms with Crippen molar-refractivity contribution in [2.24, 2.45) is 29.6 Å². The number of likely N-dealkylation sites (N-methyl/N-ethyl adjacent to an activating group) is 1. The van der Waals surface area contributed by atoms with Crippen molar-refractivity contribution < 1.29 is 0 Å². The summed E-state index contributed by atoms with van der Waals surface area (Å²) in [4.78, 5) is 2.66. The van der Waals surface area contributed by atoms with E-state index in [0.29, 0.717) is 0 Å². The van der Waals surface area contributed by atoms with Gasteiger partial charge in [0, 0.05) is 25.7 Å². The summed E-state index contributed by atoms with van der Waals surface area (Å²) in [5, 5.41) is 3.63. The Balaban J connectivity index is 1.57. The summed E-state index contributed by atoms with van der Waals surface area (Å²) in [7, 11) is 2.36. The third-order valence-corrected chi connectivity index (χ3v) is 6.30. The van der Waals surface area contributed by atoms with Gasteiger partial charge in [-0.25, -0.2) is 0 Å². The molecule has 0 aromatic heterocycles. The third kappa shape index (κ3) is 1.67. The fourth-order valence-electron chi connectivity index (χ4n) is 5.85. The minimum atomic E-state index is 0.846. The van der Waals surface area contributed by atoms with E-state index in [0.717, 1.165) is 35.6 Å². The first kappa shape index (κ1) is 10.8. The molecule has 4 bridgehead atoms. The van der Waals surface area contributed by atoms with Gasteiger partial charge in [-0.1, -0.05) is 0 Å². The molecule has 1 unspecified atom stereocenters. The van der Waals surface area contributed by atoms with Crippen molar-refractivity contribution in [1.82, 2.24) is 10.2 Å². The lowest BCUT2D eigenvalue weighted by Gasteiger charge is -2.58. The van der Waals surface area contributed by atoms with Crippen LogP contribution in [0.4, 0.5) is 0 Å². The lowest BCUT2D eigenvalue weighted by atomic mass is 9.50. The van der Waals surface area contributed by atoms with Gasteiger partial charge in [0.15, 0.2) is 0 Å². The highest BCUT2D eigenvalue weighted by Crippen LogP contribution is 2.57. The zero-order valence-corrected chi connectivity index (χ0v) is 11.1. The molecule has 96 valence electrons. The predicted octanol–water partition coefficient (Wildman–Crippen LogP) is 1.96. The Morgan fingerprint density at radius 1 is 0.941 bits per heavy atom. The van der Waals surface area contributed by atoms with Crippen LogP contribution in [-0.4, -0.2) is 37.6 Å². The number of nitrogens with one attached hydrogen (secondary N) is 1. The number of rotatable bonds is 1. The molecule has 5 fully saturated rings. The average molecular weight is 234 g/mol. The van der Waals surface area contributed by atoms with Crippen LogP contribution in [0, 0.1) is 29.6 Å². The zero-order valence-electron chi connectivity index (χ0n) is 11.1. The number of hydrogen-bond donors (Lipinski definition) is 1. The van der Waals surface area contributed by atoms with Crippen LogP contribution >= 0.6 is 0 Å². The Morgan fingerprint density at radius 3 is 2.18 bits per heavy atom. The molecule has 4 saturated carbocycles. The Hall–Kier alpha value is -0.0800. The van der Waals surface area contributed by atoms with Crippen molar-refractivity contribution in [2.75, 3.05) is 26.7 Å². The summed E-state index contributed by atoms with van der Waals surface area (Å²) < 4.78 is 0. The molecular formula is C15H26N2. The molecule has 0 radical (unpaired) electrons. The molecule has 17 heavy (non-hydrogen) atoms. The van der Waals surface area contributed by atoms with Crippen LogP contribution < -0.4 is 5.32 Å². The highest BCUT2D eigenvalue weighted by molar-refractivity contribution is 5.02. The number of hydrogen-bond acceptors (Lipinski definition) is 2. The Kier molecular flexibility index (Phi) is 2.52. The molecule has 5 rings (SSSR count). The van der Waals surface area contributed by atoms with Gasteiger partial charge < -0.3 is 10.2 Å². The quantitative estimate of drug-likeness (QED) is 0.746. The van der Waals surface area contributed by atoms with Gasteiger partial charge >= 0.3 is 0 Å². The van der Waals surface area contributed by atoms with Gasteiger partial charge in [0.1, 0.15) is 0 Å². The van der Waals surface area contributed by atoms with Gasteiger partial charge in [-0.3, -0.25) is 0 Å². The van der Waals surface area contributed by atoms with Crippen molar-refractivity contribution in [3.05, 3.63) is 0 Å². The van der Waals surface area contributed by atoms with E-state index in [1.807, 2.05) is 0 Å². The molecule has 0 aromatic carbocycles. The molecule has 1 heterocycles. The van der Waals surface area contributed by atoms with Gasteiger partial charge in [0.2, 0.25) is 0 Å². The number of piperazine rings is 1. The maximum Gasteiger partial charge on any atom is 0.0251 e. The van der Waals surface area contributed by atoms with Gasteiger partial charge in [0.05, 0.1) is 0 Å². The molecule has 0 spiro atoms. The molecule has 4 aliphatic carbocycles. The summed E-state index contributed by atoms with van der Waals surface area (Å²) in [6, 6.07) is 0.846. The highest BCUT2D eigenvalue weighted by atomic mass is 15.2.